The molecule has 0 aromatic heterocycles. The molecule has 0 unspecified atom stereocenters. The van der Waals surface area contributed by atoms with Crippen LogP contribution in [0.4, 0.5) is 0 Å². The Morgan fingerprint density at radius 1 is 1.00 bits per heavy atom. The number of hydrogen-bond donors (Lipinski definition) is 0. The van der Waals surface area contributed by atoms with Crippen molar-refractivity contribution in [1.82, 2.24) is 0 Å². The number of hydrogen-bond acceptors (Lipinski definition) is 0. The molecular weight excluding hydrogens is 295 g/mol. The van der Waals surface area contributed by atoms with Gasteiger partial charge in [-0.15, -0.1) is 0 Å². The molecule has 0 N–H and O–H groups in total. The molecule has 0 nitrogen and oxygen atoms in total. The Labute approximate surface area is 103 Å². The van der Waals surface area contributed by atoms with E-state index in [0.717, 1.165) is 0 Å². The number of halogens is 1. The van der Waals surface area contributed by atoms with Crippen LogP contribution in [0.15, 0.2) is 43.5 Å². The summed E-state index contributed by atoms with van der Waals surface area (Å²) in [5, 5.41) is 2.49. The molecule has 74 valence electrons. The molecular formula is C14H11I. The van der Waals surface area contributed by atoms with Gasteiger partial charge in [-0.3, -0.25) is 0 Å². The van der Waals surface area contributed by atoms with Crippen LogP contribution in [0.5, 0.6) is 0 Å². The third-order valence-electron chi connectivity index (χ3n) is 2.49. The van der Waals surface area contributed by atoms with Crippen LogP contribution in [0, 0.1) is 3.57 Å². The van der Waals surface area contributed by atoms with E-state index in [9.17, 15) is 0 Å². The van der Waals surface area contributed by atoms with E-state index in [-0.39, 0.29) is 0 Å². The normalized spacial score (nSPS) is 10.2. The maximum absolute atomic E-state index is 3.88. The highest BCUT2D eigenvalue weighted by Gasteiger charge is 2.06. The first-order valence-corrected chi connectivity index (χ1v) is 5.82. The Kier molecular flexibility index (Phi) is 2.91. The highest BCUT2D eigenvalue weighted by atomic mass is 127. The smallest absolute Gasteiger partial charge is 0.0214 e. The first-order valence-electron chi connectivity index (χ1n) is 4.74. The molecule has 0 atom stereocenters. The van der Waals surface area contributed by atoms with Crippen molar-refractivity contribution in [3.63, 3.8) is 0 Å². The van der Waals surface area contributed by atoms with Crippen molar-refractivity contribution >= 4 is 45.5 Å². The standard InChI is InChI=1S/C14H11I/c1-3-11-12(4-2)14(15)9-10-7-5-6-8-13(10)11/h3-9H,1-2H2. The van der Waals surface area contributed by atoms with Crippen molar-refractivity contribution in [2.24, 2.45) is 0 Å². The zero-order chi connectivity index (χ0) is 10.8. The number of benzene rings is 2. The molecule has 0 fully saturated rings. The lowest BCUT2D eigenvalue weighted by atomic mass is 9.99. The summed E-state index contributed by atoms with van der Waals surface area (Å²) in [5.41, 5.74) is 2.34. The maximum atomic E-state index is 3.88. The van der Waals surface area contributed by atoms with Gasteiger partial charge in [0.15, 0.2) is 0 Å². The zero-order valence-corrected chi connectivity index (χ0v) is 10.5. The van der Waals surface area contributed by atoms with Crippen molar-refractivity contribution < 1.29 is 0 Å². The van der Waals surface area contributed by atoms with E-state index < -0.39 is 0 Å². The highest BCUT2D eigenvalue weighted by Crippen LogP contribution is 2.28. The fourth-order valence-electron chi connectivity index (χ4n) is 1.78. The van der Waals surface area contributed by atoms with Gasteiger partial charge in [0.25, 0.3) is 0 Å². The molecule has 1 heteroatoms. The van der Waals surface area contributed by atoms with Gasteiger partial charge in [0.1, 0.15) is 0 Å². The van der Waals surface area contributed by atoms with Crippen LogP contribution in [0.3, 0.4) is 0 Å². The van der Waals surface area contributed by atoms with Crippen molar-refractivity contribution in [2.45, 2.75) is 0 Å². The van der Waals surface area contributed by atoms with Crippen molar-refractivity contribution in [3.05, 3.63) is 58.2 Å². The SMILES string of the molecule is C=Cc1c(I)cc2ccccc2c1C=C. The average Bonchev–Trinajstić information content (AvgIpc) is 2.27. The van der Waals surface area contributed by atoms with E-state index in [1.54, 1.807) is 0 Å². The summed E-state index contributed by atoms with van der Waals surface area (Å²) in [4.78, 5) is 0. The molecule has 0 aliphatic rings. The molecule has 0 amide bonds. The number of fused-ring (bicyclic) bond motifs is 1. The van der Waals surface area contributed by atoms with Crippen LogP contribution in [-0.4, -0.2) is 0 Å². The second-order valence-electron chi connectivity index (χ2n) is 3.32. The Hall–Kier alpha value is -1.09. The summed E-state index contributed by atoms with van der Waals surface area (Å²) in [6, 6.07) is 10.5. The fraction of sp³-hybridized carbons (Fsp3) is 0. The van der Waals surface area contributed by atoms with Gasteiger partial charge >= 0.3 is 0 Å². The predicted molar refractivity (Wildman–Crippen MR) is 76.8 cm³/mol. The van der Waals surface area contributed by atoms with E-state index in [1.807, 2.05) is 12.2 Å². The predicted octanol–water partition coefficient (Wildman–Crippen LogP) is 4.73. The molecule has 2 aromatic carbocycles. The highest BCUT2D eigenvalue weighted by molar-refractivity contribution is 14.1. The van der Waals surface area contributed by atoms with Crippen LogP contribution >= 0.6 is 22.6 Å². The van der Waals surface area contributed by atoms with E-state index in [4.69, 9.17) is 0 Å². The molecule has 0 spiro atoms. The number of rotatable bonds is 2. The van der Waals surface area contributed by atoms with Gasteiger partial charge < -0.3 is 0 Å². The minimum Gasteiger partial charge on any atom is -0.0984 e. The van der Waals surface area contributed by atoms with Gasteiger partial charge in [-0.25, -0.2) is 0 Å². The van der Waals surface area contributed by atoms with E-state index in [0.29, 0.717) is 0 Å². The van der Waals surface area contributed by atoms with Crippen LogP contribution < -0.4 is 0 Å². The fourth-order valence-corrected chi connectivity index (χ4v) is 2.63. The second kappa shape index (κ2) is 4.19. The molecule has 2 aromatic rings. The first kappa shape index (κ1) is 10.4. The van der Waals surface area contributed by atoms with Crippen molar-refractivity contribution in [2.75, 3.05) is 0 Å². The average molecular weight is 306 g/mol. The third-order valence-corrected chi connectivity index (χ3v) is 3.38. The Morgan fingerprint density at radius 2 is 1.67 bits per heavy atom. The van der Waals surface area contributed by atoms with Crippen molar-refractivity contribution in [1.29, 1.82) is 0 Å². The summed E-state index contributed by atoms with van der Waals surface area (Å²) in [6.07, 6.45) is 3.80. The summed E-state index contributed by atoms with van der Waals surface area (Å²) >= 11 is 2.34. The molecule has 0 radical (unpaired) electrons. The molecule has 2 rings (SSSR count). The Morgan fingerprint density at radius 3 is 2.33 bits per heavy atom. The topological polar surface area (TPSA) is 0 Å². The van der Waals surface area contributed by atoms with E-state index >= 15 is 0 Å². The van der Waals surface area contributed by atoms with E-state index in [1.165, 1.54) is 25.5 Å². The lowest BCUT2D eigenvalue weighted by Gasteiger charge is -2.09. The summed E-state index contributed by atoms with van der Waals surface area (Å²) in [6.45, 7) is 7.73. The van der Waals surface area contributed by atoms with Crippen LogP contribution in [-0.2, 0) is 0 Å². The third kappa shape index (κ3) is 1.72. The Bertz CT molecular complexity index is 538. The quantitative estimate of drug-likeness (QED) is 0.704. The largest absolute Gasteiger partial charge is 0.0984 e. The van der Waals surface area contributed by atoms with Gasteiger partial charge in [-0.2, -0.15) is 0 Å². The van der Waals surface area contributed by atoms with Crippen LogP contribution in [0.25, 0.3) is 22.9 Å². The summed E-state index contributed by atoms with van der Waals surface area (Å²) in [7, 11) is 0. The molecule has 15 heavy (non-hydrogen) atoms. The molecule has 0 heterocycles. The molecule has 0 aliphatic heterocycles. The molecule has 0 aliphatic carbocycles. The summed E-state index contributed by atoms with van der Waals surface area (Å²) < 4.78 is 1.22. The lowest BCUT2D eigenvalue weighted by molar-refractivity contribution is 1.62. The molecule has 0 bridgehead atoms. The van der Waals surface area contributed by atoms with Crippen molar-refractivity contribution in [3.8, 4) is 0 Å². The van der Waals surface area contributed by atoms with Gasteiger partial charge in [0, 0.05) is 3.57 Å². The molecule has 0 saturated carbocycles. The zero-order valence-electron chi connectivity index (χ0n) is 8.33. The lowest BCUT2D eigenvalue weighted by Crippen LogP contribution is -1.88. The second-order valence-corrected chi connectivity index (χ2v) is 4.48. The summed E-state index contributed by atoms with van der Waals surface area (Å²) in [5.74, 6) is 0. The van der Waals surface area contributed by atoms with Gasteiger partial charge in [0.2, 0.25) is 0 Å². The van der Waals surface area contributed by atoms with Gasteiger partial charge in [0.05, 0.1) is 0 Å². The van der Waals surface area contributed by atoms with Gasteiger partial charge in [-0.1, -0.05) is 49.6 Å². The van der Waals surface area contributed by atoms with E-state index in [2.05, 4.69) is 66.1 Å². The van der Waals surface area contributed by atoms with Crippen LogP contribution in [0.2, 0.25) is 0 Å². The maximum Gasteiger partial charge on any atom is 0.0214 e. The Balaban J connectivity index is 2.97. The molecule has 0 saturated heterocycles. The van der Waals surface area contributed by atoms with Gasteiger partial charge in [-0.05, 0) is 50.6 Å². The first-order chi connectivity index (χ1) is 7.27. The minimum absolute atomic E-state index is 1.17. The minimum atomic E-state index is 1.17. The monoisotopic (exact) mass is 306 g/mol. The van der Waals surface area contributed by atoms with Crippen LogP contribution in [0.1, 0.15) is 11.1 Å².